The van der Waals surface area contributed by atoms with Gasteiger partial charge in [0.15, 0.2) is 0 Å². The standard InChI is InChI=1S/C8H11AsN2O4/c1-5(12)11-8-4-6(9(13,14)15)2-3-7(8)10/h2-4H,10H2,1H3,(H,11,12)(H2,13,14,15). The van der Waals surface area contributed by atoms with Crippen LogP contribution in [0.2, 0.25) is 0 Å². The van der Waals surface area contributed by atoms with Crippen LogP contribution in [0, 0.1) is 0 Å². The number of hydrogen-bond acceptors (Lipinski definition) is 3. The number of nitrogens with one attached hydrogen (secondary N) is 1. The number of amides is 1. The Bertz CT molecular complexity index is 440. The zero-order valence-electron chi connectivity index (χ0n) is 7.97. The number of hydrogen-bond donors (Lipinski definition) is 4. The molecular weight excluding hydrogens is 263 g/mol. The van der Waals surface area contributed by atoms with E-state index in [9.17, 15) is 8.53 Å². The Morgan fingerprint density at radius 2 is 2.07 bits per heavy atom. The zero-order valence-corrected chi connectivity index (χ0v) is 9.84. The van der Waals surface area contributed by atoms with E-state index in [4.69, 9.17) is 13.9 Å². The maximum absolute atomic E-state index is 11.0. The molecule has 7 heteroatoms. The average molecular weight is 274 g/mol. The first-order valence-corrected chi connectivity index (χ1v) is 7.42. The summed E-state index contributed by atoms with van der Waals surface area (Å²) in [6.07, 6.45) is 0. The molecule has 0 atom stereocenters. The fraction of sp³-hybridized carbons (Fsp3) is 0.125. The van der Waals surface area contributed by atoms with Gasteiger partial charge in [0.05, 0.1) is 0 Å². The van der Waals surface area contributed by atoms with Crippen LogP contribution in [0.3, 0.4) is 0 Å². The summed E-state index contributed by atoms with van der Waals surface area (Å²) in [6.45, 7) is 1.29. The normalized spacial score (nSPS) is 11.1. The van der Waals surface area contributed by atoms with Crippen molar-refractivity contribution in [3.63, 3.8) is 0 Å². The van der Waals surface area contributed by atoms with Gasteiger partial charge < -0.3 is 0 Å². The number of nitrogens with two attached hydrogens (primary N) is 1. The van der Waals surface area contributed by atoms with Gasteiger partial charge in [-0.1, -0.05) is 0 Å². The summed E-state index contributed by atoms with van der Waals surface area (Å²) >= 11 is -4.93. The van der Waals surface area contributed by atoms with Crippen molar-refractivity contribution < 1.29 is 16.7 Å². The molecule has 1 aromatic carbocycles. The van der Waals surface area contributed by atoms with Gasteiger partial charge in [0.1, 0.15) is 0 Å². The fourth-order valence-electron chi connectivity index (χ4n) is 1.02. The molecule has 6 nitrogen and oxygen atoms in total. The van der Waals surface area contributed by atoms with Crippen LogP contribution in [-0.4, -0.2) is 28.3 Å². The summed E-state index contributed by atoms with van der Waals surface area (Å²) in [5, 5.41) is 2.39. The molecule has 1 amide bonds. The molecule has 82 valence electrons. The molecule has 0 heterocycles. The van der Waals surface area contributed by atoms with Gasteiger partial charge in [-0.05, 0) is 0 Å². The van der Waals surface area contributed by atoms with Crippen LogP contribution >= 0.6 is 0 Å². The second kappa shape index (κ2) is 4.10. The Hall–Kier alpha value is -1.23. The van der Waals surface area contributed by atoms with Gasteiger partial charge >= 0.3 is 88.7 Å². The molecule has 0 saturated carbocycles. The van der Waals surface area contributed by atoms with Gasteiger partial charge in [-0.2, -0.15) is 0 Å². The van der Waals surface area contributed by atoms with Gasteiger partial charge in [0, 0.05) is 0 Å². The topological polar surface area (TPSA) is 113 Å². The Kier molecular flexibility index (Phi) is 3.24. The summed E-state index contributed by atoms with van der Waals surface area (Å²) in [7, 11) is 0. The fourth-order valence-corrected chi connectivity index (χ4v) is 2.21. The monoisotopic (exact) mass is 274 g/mol. The van der Waals surface area contributed by atoms with E-state index in [2.05, 4.69) is 5.32 Å². The second-order valence-electron chi connectivity index (χ2n) is 3.00. The summed E-state index contributed by atoms with van der Waals surface area (Å²) < 4.78 is 28.8. The SMILES string of the molecule is CC(=O)Nc1cc([As](=O)(O)O)ccc1N. The van der Waals surface area contributed by atoms with Crippen LogP contribution in [0.1, 0.15) is 6.92 Å². The van der Waals surface area contributed by atoms with Crippen molar-refractivity contribution in [3.8, 4) is 0 Å². The van der Waals surface area contributed by atoms with Crippen molar-refractivity contribution >= 4 is 35.8 Å². The molecule has 0 unspecified atom stereocenters. The van der Waals surface area contributed by atoms with Crippen LogP contribution < -0.4 is 15.4 Å². The van der Waals surface area contributed by atoms with E-state index in [-0.39, 0.29) is 21.6 Å². The Labute approximate surface area is 89.1 Å². The molecule has 0 fully saturated rings. The van der Waals surface area contributed by atoms with E-state index in [0.717, 1.165) is 0 Å². The van der Waals surface area contributed by atoms with E-state index in [1.807, 2.05) is 0 Å². The summed E-state index contributed by atoms with van der Waals surface area (Å²) in [5.74, 6) is -0.350. The number of anilines is 2. The van der Waals surface area contributed by atoms with Crippen molar-refractivity contribution in [1.29, 1.82) is 0 Å². The summed E-state index contributed by atoms with van der Waals surface area (Å²) in [4.78, 5) is 10.8. The molecule has 0 aliphatic carbocycles. The van der Waals surface area contributed by atoms with E-state index in [1.54, 1.807) is 0 Å². The van der Waals surface area contributed by atoms with Gasteiger partial charge in [0.25, 0.3) is 0 Å². The molecule has 0 saturated heterocycles. The van der Waals surface area contributed by atoms with E-state index >= 15 is 0 Å². The third-order valence-electron chi connectivity index (χ3n) is 1.68. The molecule has 0 bridgehead atoms. The minimum absolute atomic E-state index is 0.119. The Morgan fingerprint density at radius 3 is 2.53 bits per heavy atom. The molecule has 1 aromatic rings. The molecular formula is C8H11AsN2O4. The first-order valence-electron chi connectivity index (χ1n) is 4.04. The van der Waals surface area contributed by atoms with Crippen molar-refractivity contribution in [2.75, 3.05) is 11.1 Å². The van der Waals surface area contributed by atoms with Crippen LogP contribution in [0.25, 0.3) is 0 Å². The van der Waals surface area contributed by atoms with Crippen molar-refractivity contribution in [1.82, 2.24) is 0 Å². The van der Waals surface area contributed by atoms with Crippen molar-refractivity contribution in [3.05, 3.63) is 18.2 Å². The van der Waals surface area contributed by atoms with E-state index in [0.29, 0.717) is 0 Å². The first-order chi connectivity index (χ1) is 6.80. The molecule has 0 aromatic heterocycles. The Balaban J connectivity index is 3.17. The third kappa shape index (κ3) is 3.12. The molecule has 0 spiro atoms. The van der Waals surface area contributed by atoms with Gasteiger partial charge in [-0.3, -0.25) is 0 Å². The maximum atomic E-state index is 11.0. The molecule has 0 aliphatic heterocycles. The molecule has 1 rings (SSSR count). The van der Waals surface area contributed by atoms with Crippen LogP contribution in [0.5, 0.6) is 0 Å². The first kappa shape index (κ1) is 11.8. The second-order valence-corrected chi connectivity index (χ2v) is 6.36. The Morgan fingerprint density at radius 1 is 1.47 bits per heavy atom. The van der Waals surface area contributed by atoms with Crippen molar-refractivity contribution in [2.45, 2.75) is 6.92 Å². The average Bonchev–Trinajstić information content (AvgIpc) is 2.06. The van der Waals surface area contributed by atoms with E-state index < -0.39 is 14.2 Å². The quantitative estimate of drug-likeness (QED) is 0.399. The third-order valence-corrected chi connectivity index (χ3v) is 3.68. The predicted octanol–water partition coefficient (Wildman–Crippen LogP) is -1.21. The number of benzene rings is 1. The van der Waals surface area contributed by atoms with E-state index in [1.165, 1.54) is 25.1 Å². The summed E-state index contributed by atoms with van der Waals surface area (Å²) in [5.41, 5.74) is 5.99. The number of carbonyl (C=O) groups excluding carboxylic acids is 1. The number of rotatable bonds is 2. The molecule has 5 N–H and O–H groups in total. The summed E-state index contributed by atoms with van der Waals surface area (Å²) in [6, 6.07) is 3.79. The van der Waals surface area contributed by atoms with Gasteiger partial charge in [-0.15, -0.1) is 0 Å². The molecule has 0 aliphatic rings. The number of carbonyl (C=O) groups is 1. The van der Waals surface area contributed by atoms with Crippen LogP contribution in [0.15, 0.2) is 18.2 Å². The van der Waals surface area contributed by atoms with Crippen molar-refractivity contribution in [2.24, 2.45) is 0 Å². The minimum atomic E-state index is -4.93. The van der Waals surface area contributed by atoms with Gasteiger partial charge in [0.2, 0.25) is 0 Å². The van der Waals surface area contributed by atoms with Crippen LogP contribution in [0.4, 0.5) is 11.4 Å². The molecule has 0 radical (unpaired) electrons. The van der Waals surface area contributed by atoms with Crippen LogP contribution in [-0.2, 0) is 8.53 Å². The predicted molar refractivity (Wildman–Crippen MR) is 55.7 cm³/mol. The number of nitrogen functional groups attached to an aromatic ring is 1. The zero-order chi connectivity index (χ0) is 11.6. The molecule has 15 heavy (non-hydrogen) atoms. The van der Waals surface area contributed by atoms with Gasteiger partial charge in [-0.25, -0.2) is 0 Å².